The molecule has 0 radical (unpaired) electrons. The highest BCUT2D eigenvalue weighted by atomic mass is 35.5. The van der Waals surface area contributed by atoms with Gasteiger partial charge in [0, 0.05) is 17.7 Å². The molecule has 0 saturated carbocycles. The summed E-state index contributed by atoms with van der Waals surface area (Å²) in [6, 6.07) is 3.68. The van der Waals surface area contributed by atoms with E-state index in [0.29, 0.717) is 0 Å². The maximum atomic E-state index is 14.1. The quantitative estimate of drug-likeness (QED) is 0.243. The third kappa shape index (κ3) is 5.40. The lowest BCUT2D eigenvalue weighted by Crippen LogP contribution is -2.53. The number of aromatic nitrogens is 6. The first kappa shape index (κ1) is 29.3. The van der Waals surface area contributed by atoms with Crippen LogP contribution >= 0.6 is 23.2 Å². The Bertz CT molecular complexity index is 1540. The number of aliphatic hydroxyl groups excluding tert-OH is 2. The minimum atomic E-state index is -4.76. The SMILES string of the molecule is CO[C@@H]1[C@@H](n2cc(-c3cc(F)c(Cl)c(F)c3)nn2)[C@@H](O)[C@@H](CO)O[C@H]1c1nncn1-c1cc(Cl)ccc1C(F)(F)F. The van der Waals surface area contributed by atoms with Gasteiger partial charge in [-0.05, 0) is 30.3 Å². The predicted octanol–water partition coefficient (Wildman–Crippen LogP) is 4.18. The van der Waals surface area contributed by atoms with Crippen molar-refractivity contribution in [3.8, 4) is 16.9 Å². The van der Waals surface area contributed by atoms with Crippen molar-refractivity contribution in [3.05, 3.63) is 75.9 Å². The molecule has 5 rings (SSSR count). The molecule has 1 aliphatic rings. The van der Waals surface area contributed by atoms with Gasteiger partial charge in [0.05, 0.1) is 24.1 Å². The number of alkyl halides is 3. The first-order chi connectivity index (χ1) is 19.4. The van der Waals surface area contributed by atoms with Crippen molar-refractivity contribution in [3.63, 3.8) is 0 Å². The summed E-state index contributed by atoms with van der Waals surface area (Å²) < 4.78 is 83.3. The maximum Gasteiger partial charge on any atom is 0.418 e. The second kappa shape index (κ2) is 11.2. The van der Waals surface area contributed by atoms with Crippen molar-refractivity contribution in [1.82, 2.24) is 29.8 Å². The molecular weight excluding hydrogens is 602 g/mol. The van der Waals surface area contributed by atoms with E-state index in [2.05, 4.69) is 20.5 Å². The molecule has 2 N–H and O–H groups in total. The average molecular weight is 621 g/mol. The topological polar surface area (TPSA) is 120 Å². The predicted molar refractivity (Wildman–Crippen MR) is 132 cm³/mol. The normalized spacial score (nSPS) is 23.2. The highest BCUT2D eigenvalue weighted by Crippen LogP contribution is 2.42. The molecule has 41 heavy (non-hydrogen) atoms. The molecule has 5 atom stereocenters. The van der Waals surface area contributed by atoms with Gasteiger partial charge in [0.25, 0.3) is 0 Å². The Kier molecular flexibility index (Phi) is 8.02. The average Bonchev–Trinajstić information content (AvgIpc) is 3.61. The summed E-state index contributed by atoms with van der Waals surface area (Å²) >= 11 is 11.6. The van der Waals surface area contributed by atoms with Crippen LogP contribution in [0.25, 0.3) is 16.9 Å². The van der Waals surface area contributed by atoms with Crippen LogP contribution in [0.4, 0.5) is 22.0 Å². The third-order valence-electron chi connectivity index (χ3n) is 6.59. The molecular formula is C24H19Cl2F5N6O4. The summed E-state index contributed by atoms with van der Waals surface area (Å²) in [4.78, 5) is 0. The number of rotatable bonds is 6. The molecule has 0 aliphatic carbocycles. The molecule has 0 spiro atoms. The van der Waals surface area contributed by atoms with Gasteiger partial charge >= 0.3 is 6.18 Å². The fourth-order valence-electron chi connectivity index (χ4n) is 4.69. The van der Waals surface area contributed by atoms with Gasteiger partial charge in [-0.25, -0.2) is 13.5 Å². The number of methoxy groups -OCH3 is 1. The van der Waals surface area contributed by atoms with E-state index in [1.807, 2.05) is 0 Å². The minimum Gasteiger partial charge on any atom is -0.394 e. The van der Waals surface area contributed by atoms with E-state index in [4.69, 9.17) is 32.7 Å². The maximum absolute atomic E-state index is 14.1. The monoisotopic (exact) mass is 620 g/mol. The van der Waals surface area contributed by atoms with E-state index in [1.54, 1.807) is 0 Å². The van der Waals surface area contributed by atoms with Crippen molar-refractivity contribution in [2.75, 3.05) is 13.7 Å². The van der Waals surface area contributed by atoms with Crippen LogP contribution < -0.4 is 0 Å². The number of hydrogen-bond acceptors (Lipinski definition) is 8. The third-order valence-corrected chi connectivity index (χ3v) is 7.18. The Hall–Kier alpha value is -3.21. The summed E-state index contributed by atoms with van der Waals surface area (Å²) in [5.74, 6) is -2.23. The molecule has 2 aromatic heterocycles. The van der Waals surface area contributed by atoms with Crippen LogP contribution in [-0.4, -0.2) is 72.0 Å². The van der Waals surface area contributed by atoms with Crippen LogP contribution in [-0.2, 0) is 15.7 Å². The van der Waals surface area contributed by atoms with E-state index in [9.17, 15) is 32.2 Å². The Labute approximate surface area is 237 Å². The highest BCUT2D eigenvalue weighted by molar-refractivity contribution is 6.31. The number of nitrogens with zero attached hydrogens (tertiary/aromatic N) is 6. The molecule has 1 fully saturated rings. The molecule has 0 bridgehead atoms. The molecule has 10 nitrogen and oxygen atoms in total. The highest BCUT2D eigenvalue weighted by Gasteiger charge is 2.49. The lowest BCUT2D eigenvalue weighted by Gasteiger charge is -2.43. The fraction of sp³-hybridized carbons (Fsp3) is 0.333. The number of halogens is 7. The smallest absolute Gasteiger partial charge is 0.394 e. The Balaban J connectivity index is 1.58. The van der Waals surface area contributed by atoms with Gasteiger partial charge in [0.15, 0.2) is 5.82 Å². The molecule has 218 valence electrons. The van der Waals surface area contributed by atoms with E-state index in [1.165, 1.54) is 13.3 Å². The molecule has 2 aromatic carbocycles. The molecule has 0 unspecified atom stereocenters. The van der Waals surface area contributed by atoms with Gasteiger partial charge in [-0.3, -0.25) is 4.57 Å². The lowest BCUT2D eigenvalue weighted by molar-refractivity contribution is -0.217. The second-order valence-electron chi connectivity index (χ2n) is 9.02. The number of hydrogen-bond donors (Lipinski definition) is 2. The van der Waals surface area contributed by atoms with E-state index in [0.717, 1.165) is 45.9 Å². The lowest BCUT2D eigenvalue weighted by atomic mass is 9.91. The Morgan fingerprint density at radius 2 is 1.80 bits per heavy atom. The summed E-state index contributed by atoms with van der Waals surface area (Å²) in [6.45, 7) is -0.709. The second-order valence-corrected chi connectivity index (χ2v) is 9.83. The molecule has 3 heterocycles. The van der Waals surface area contributed by atoms with Gasteiger partial charge in [-0.1, -0.05) is 28.4 Å². The van der Waals surface area contributed by atoms with E-state index in [-0.39, 0.29) is 22.1 Å². The number of benzene rings is 2. The van der Waals surface area contributed by atoms with Crippen molar-refractivity contribution >= 4 is 23.2 Å². The van der Waals surface area contributed by atoms with Crippen LogP contribution in [0.3, 0.4) is 0 Å². The number of aliphatic hydroxyl groups is 2. The zero-order valence-corrected chi connectivity index (χ0v) is 22.2. The molecule has 1 saturated heterocycles. The standard InChI is InChI=1S/C24H19Cl2F5N6O4/c1-40-21-19(37-7-15(33-35-37)10-4-13(27)18(26)14(28)5-10)20(39)17(8-38)41-22(21)23-34-32-9-36(23)16-6-11(25)2-3-12(16)24(29,30)31/h2-7,9,17,19-22,38-39H,8H2,1H3/t17-,19+,20+,21-,22-/m1/s1. The van der Waals surface area contributed by atoms with E-state index < -0.39 is 71.1 Å². The summed E-state index contributed by atoms with van der Waals surface area (Å²) in [7, 11) is 1.25. The molecule has 0 amide bonds. The van der Waals surface area contributed by atoms with E-state index >= 15 is 0 Å². The molecule has 1 aliphatic heterocycles. The minimum absolute atomic E-state index is 0.00187. The zero-order valence-electron chi connectivity index (χ0n) is 20.7. The van der Waals surface area contributed by atoms with Gasteiger partial charge in [0.2, 0.25) is 0 Å². The van der Waals surface area contributed by atoms with Crippen molar-refractivity contribution < 1.29 is 41.6 Å². The Morgan fingerprint density at radius 1 is 1.10 bits per heavy atom. The number of ether oxygens (including phenoxy) is 2. The zero-order chi connectivity index (χ0) is 29.6. The summed E-state index contributed by atoms with van der Waals surface area (Å²) in [6.07, 6.45) is -7.76. The van der Waals surface area contributed by atoms with Crippen molar-refractivity contribution in [1.29, 1.82) is 0 Å². The van der Waals surface area contributed by atoms with Gasteiger partial charge in [-0.15, -0.1) is 15.3 Å². The van der Waals surface area contributed by atoms with Crippen molar-refractivity contribution in [2.45, 2.75) is 36.6 Å². The van der Waals surface area contributed by atoms with Crippen molar-refractivity contribution in [2.24, 2.45) is 0 Å². The summed E-state index contributed by atoms with van der Waals surface area (Å²) in [5, 5.41) is 36.0. The van der Waals surface area contributed by atoms with Gasteiger partial charge in [0.1, 0.15) is 59.1 Å². The van der Waals surface area contributed by atoms with Crippen LogP contribution in [0.15, 0.2) is 42.9 Å². The molecule has 4 aromatic rings. The first-order valence-corrected chi connectivity index (χ1v) is 12.5. The Morgan fingerprint density at radius 3 is 2.44 bits per heavy atom. The van der Waals surface area contributed by atoms with Crippen LogP contribution in [0.1, 0.15) is 23.5 Å². The van der Waals surface area contributed by atoms with Crippen LogP contribution in [0.5, 0.6) is 0 Å². The van der Waals surface area contributed by atoms with Gasteiger partial charge < -0.3 is 19.7 Å². The fourth-order valence-corrected chi connectivity index (χ4v) is 4.97. The first-order valence-electron chi connectivity index (χ1n) is 11.8. The molecule has 17 heteroatoms. The summed E-state index contributed by atoms with van der Waals surface area (Å²) in [5.41, 5.74) is -1.45. The van der Waals surface area contributed by atoms with Gasteiger partial charge in [-0.2, -0.15) is 13.2 Å². The largest absolute Gasteiger partial charge is 0.418 e. The van der Waals surface area contributed by atoms with Crippen LogP contribution in [0.2, 0.25) is 10.0 Å². The van der Waals surface area contributed by atoms with Crippen LogP contribution in [0, 0.1) is 11.6 Å².